The molecule has 8 nitrogen and oxygen atoms in total. The van der Waals surface area contributed by atoms with Crippen LogP contribution >= 0.6 is 11.6 Å². The summed E-state index contributed by atoms with van der Waals surface area (Å²) in [5.41, 5.74) is 0.842. The van der Waals surface area contributed by atoms with Crippen molar-refractivity contribution in [2.75, 3.05) is 13.7 Å². The molecule has 3 rings (SSSR count). The number of imidazole rings is 1. The lowest BCUT2D eigenvalue weighted by Crippen LogP contribution is -2.33. The van der Waals surface area contributed by atoms with Crippen molar-refractivity contribution in [1.29, 1.82) is 0 Å². The van der Waals surface area contributed by atoms with Gasteiger partial charge in [0.1, 0.15) is 30.2 Å². The highest BCUT2D eigenvalue weighted by molar-refractivity contribution is 6.33. The summed E-state index contributed by atoms with van der Waals surface area (Å²) in [7, 11) is 1.50. The van der Waals surface area contributed by atoms with Crippen LogP contribution in [-0.2, 0) is 9.47 Å². The minimum atomic E-state index is -1.11. The van der Waals surface area contributed by atoms with Crippen molar-refractivity contribution >= 4 is 22.8 Å². The Morgan fingerprint density at radius 1 is 1.35 bits per heavy atom. The third-order valence-corrected chi connectivity index (χ3v) is 3.53. The number of methoxy groups -OCH3 is 1. The zero-order chi connectivity index (χ0) is 14.3. The van der Waals surface area contributed by atoms with Crippen molar-refractivity contribution in [3.63, 3.8) is 0 Å². The normalized spacial score (nSPS) is 30.2. The first-order valence-electron chi connectivity index (χ1n) is 5.97. The van der Waals surface area contributed by atoms with Gasteiger partial charge in [-0.1, -0.05) is 11.6 Å². The van der Waals surface area contributed by atoms with E-state index in [0.717, 1.165) is 0 Å². The fourth-order valence-electron chi connectivity index (χ4n) is 2.27. The molecule has 0 saturated carbocycles. The molecule has 0 radical (unpaired) electrons. The van der Waals surface area contributed by atoms with Crippen molar-refractivity contribution in [3.05, 3.63) is 17.8 Å². The molecule has 20 heavy (non-hydrogen) atoms. The standard InChI is InChI=1S/C11H13ClN4O4/c1-19-2-5-7(17)8(18)11(20-5)16-4-15-6-9(12)13-3-14-10(6)16/h3-5,7-8,11,17-18H,2H2,1H3. The molecule has 0 aliphatic carbocycles. The molecule has 1 fully saturated rings. The van der Waals surface area contributed by atoms with E-state index in [1.54, 1.807) is 0 Å². The van der Waals surface area contributed by atoms with Gasteiger partial charge in [0.05, 0.1) is 12.9 Å². The summed E-state index contributed by atoms with van der Waals surface area (Å²) in [5.74, 6) is 0. The summed E-state index contributed by atoms with van der Waals surface area (Å²) in [5, 5.41) is 20.3. The maximum absolute atomic E-state index is 10.1. The summed E-state index contributed by atoms with van der Waals surface area (Å²) >= 11 is 5.92. The zero-order valence-electron chi connectivity index (χ0n) is 10.5. The Morgan fingerprint density at radius 3 is 2.90 bits per heavy atom. The Morgan fingerprint density at radius 2 is 2.15 bits per heavy atom. The molecule has 1 aliphatic heterocycles. The van der Waals surface area contributed by atoms with Crippen LogP contribution in [0.1, 0.15) is 6.23 Å². The Balaban J connectivity index is 1.97. The first-order valence-corrected chi connectivity index (χ1v) is 6.35. The fourth-order valence-corrected chi connectivity index (χ4v) is 2.45. The van der Waals surface area contributed by atoms with Crippen LogP contribution in [0.25, 0.3) is 11.2 Å². The number of fused-ring (bicyclic) bond motifs is 1. The topological polar surface area (TPSA) is 103 Å². The van der Waals surface area contributed by atoms with E-state index in [1.807, 2.05) is 0 Å². The van der Waals surface area contributed by atoms with Gasteiger partial charge in [0.2, 0.25) is 0 Å². The predicted molar refractivity (Wildman–Crippen MR) is 68.1 cm³/mol. The summed E-state index contributed by atoms with van der Waals surface area (Å²) in [6.07, 6.45) is -0.833. The monoisotopic (exact) mass is 300 g/mol. The van der Waals surface area contributed by atoms with Crippen LogP contribution in [-0.4, -0.2) is 61.8 Å². The molecule has 1 aliphatic rings. The van der Waals surface area contributed by atoms with E-state index in [1.165, 1.54) is 24.3 Å². The number of ether oxygens (including phenoxy) is 2. The van der Waals surface area contributed by atoms with E-state index in [9.17, 15) is 10.2 Å². The van der Waals surface area contributed by atoms with Gasteiger partial charge in [-0.2, -0.15) is 0 Å². The highest BCUT2D eigenvalue weighted by Crippen LogP contribution is 2.32. The van der Waals surface area contributed by atoms with Crippen LogP contribution in [0.4, 0.5) is 0 Å². The highest BCUT2D eigenvalue weighted by Gasteiger charge is 2.44. The lowest BCUT2D eigenvalue weighted by atomic mass is 10.1. The van der Waals surface area contributed by atoms with Crippen molar-refractivity contribution in [1.82, 2.24) is 19.5 Å². The molecule has 0 amide bonds. The first-order chi connectivity index (χ1) is 9.63. The lowest BCUT2D eigenvalue weighted by molar-refractivity contribution is -0.0580. The van der Waals surface area contributed by atoms with Crippen LogP contribution < -0.4 is 0 Å². The van der Waals surface area contributed by atoms with Crippen LogP contribution in [0.2, 0.25) is 5.15 Å². The highest BCUT2D eigenvalue weighted by atomic mass is 35.5. The average molecular weight is 301 g/mol. The number of halogens is 1. The van der Waals surface area contributed by atoms with Gasteiger partial charge in [-0.15, -0.1) is 0 Å². The molecule has 1 saturated heterocycles. The number of hydrogen-bond acceptors (Lipinski definition) is 7. The minimum absolute atomic E-state index is 0.178. The van der Waals surface area contributed by atoms with Gasteiger partial charge in [-0.25, -0.2) is 15.0 Å². The fraction of sp³-hybridized carbons (Fsp3) is 0.545. The Kier molecular flexibility index (Phi) is 3.57. The van der Waals surface area contributed by atoms with Gasteiger partial charge >= 0.3 is 0 Å². The van der Waals surface area contributed by atoms with Crippen molar-refractivity contribution < 1.29 is 19.7 Å². The second kappa shape index (κ2) is 5.23. The second-order valence-electron chi connectivity index (χ2n) is 4.49. The molecule has 108 valence electrons. The lowest BCUT2D eigenvalue weighted by Gasteiger charge is -2.16. The Hall–Kier alpha value is -1.32. The molecule has 9 heteroatoms. The van der Waals surface area contributed by atoms with Crippen molar-refractivity contribution in [3.8, 4) is 0 Å². The molecule has 2 N–H and O–H groups in total. The number of aliphatic hydroxyl groups is 2. The largest absolute Gasteiger partial charge is 0.387 e. The van der Waals surface area contributed by atoms with Gasteiger partial charge in [-0.3, -0.25) is 4.57 Å². The molecule has 0 aromatic carbocycles. The smallest absolute Gasteiger partial charge is 0.167 e. The second-order valence-corrected chi connectivity index (χ2v) is 4.85. The van der Waals surface area contributed by atoms with Crippen molar-refractivity contribution in [2.24, 2.45) is 0 Å². The SMILES string of the molecule is COCC1OC(n2cnc3c(Cl)ncnc32)C(O)C1O. The molecule has 0 spiro atoms. The van der Waals surface area contributed by atoms with Gasteiger partial charge in [-0.05, 0) is 0 Å². The molecular weight excluding hydrogens is 288 g/mol. The first kappa shape index (κ1) is 13.7. The van der Waals surface area contributed by atoms with E-state index < -0.39 is 24.5 Å². The van der Waals surface area contributed by atoms with Crippen LogP contribution in [0.5, 0.6) is 0 Å². The third-order valence-electron chi connectivity index (χ3n) is 3.26. The molecule has 4 unspecified atom stereocenters. The van der Waals surface area contributed by atoms with E-state index in [4.69, 9.17) is 21.1 Å². The maximum Gasteiger partial charge on any atom is 0.167 e. The van der Waals surface area contributed by atoms with E-state index in [2.05, 4.69) is 15.0 Å². The molecular formula is C11H13ClN4O4. The molecule has 2 aromatic heterocycles. The Bertz CT molecular complexity index is 621. The molecule has 0 bridgehead atoms. The van der Waals surface area contributed by atoms with Gasteiger partial charge < -0.3 is 19.7 Å². The number of aromatic nitrogens is 4. The number of aliphatic hydroxyl groups excluding tert-OH is 2. The van der Waals surface area contributed by atoms with Gasteiger partial charge in [0.25, 0.3) is 0 Å². The summed E-state index contributed by atoms with van der Waals surface area (Å²) in [6, 6.07) is 0. The predicted octanol–water partition coefficient (Wildman–Crippen LogP) is -0.255. The van der Waals surface area contributed by atoms with Gasteiger partial charge in [0.15, 0.2) is 17.0 Å². The summed E-state index contributed by atoms with van der Waals surface area (Å²) in [6.45, 7) is 0.178. The molecule has 3 heterocycles. The van der Waals surface area contributed by atoms with E-state index in [-0.39, 0.29) is 11.8 Å². The van der Waals surface area contributed by atoms with Gasteiger partial charge in [0, 0.05) is 7.11 Å². The summed E-state index contributed by atoms with van der Waals surface area (Å²) < 4.78 is 12.1. The van der Waals surface area contributed by atoms with Crippen LogP contribution in [0.15, 0.2) is 12.7 Å². The average Bonchev–Trinajstić information content (AvgIpc) is 2.97. The third kappa shape index (κ3) is 2.05. The molecule has 4 atom stereocenters. The Labute approximate surface area is 118 Å². The van der Waals surface area contributed by atoms with E-state index in [0.29, 0.717) is 11.2 Å². The minimum Gasteiger partial charge on any atom is -0.387 e. The number of nitrogens with zero attached hydrogens (tertiary/aromatic N) is 4. The number of rotatable bonds is 3. The summed E-state index contributed by atoms with van der Waals surface area (Å²) in [4.78, 5) is 12.0. The molecule has 2 aromatic rings. The maximum atomic E-state index is 10.1. The van der Waals surface area contributed by atoms with Crippen LogP contribution in [0, 0.1) is 0 Å². The quantitative estimate of drug-likeness (QED) is 0.753. The van der Waals surface area contributed by atoms with Crippen LogP contribution in [0.3, 0.4) is 0 Å². The number of hydrogen-bond donors (Lipinski definition) is 2. The van der Waals surface area contributed by atoms with Crippen molar-refractivity contribution in [2.45, 2.75) is 24.5 Å². The van der Waals surface area contributed by atoms with E-state index >= 15 is 0 Å². The zero-order valence-corrected chi connectivity index (χ0v) is 11.3.